The summed E-state index contributed by atoms with van der Waals surface area (Å²) in [6, 6.07) is 9.35. The average molecular weight is 299 g/mol. The van der Waals surface area contributed by atoms with E-state index in [1.54, 1.807) is 0 Å². The van der Waals surface area contributed by atoms with E-state index in [4.69, 9.17) is 9.05 Å². The molecule has 3 rings (SSSR count). The van der Waals surface area contributed by atoms with Crippen LogP contribution in [0.3, 0.4) is 0 Å². The Bertz CT molecular complexity index is 776. The van der Waals surface area contributed by atoms with Crippen LogP contribution in [-0.2, 0) is 24.2 Å². The van der Waals surface area contributed by atoms with Gasteiger partial charge in [-0.1, -0.05) is 35.8 Å². The van der Waals surface area contributed by atoms with E-state index in [9.17, 15) is 4.79 Å². The first-order valence-corrected chi connectivity index (χ1v) is 7.30. The van der Waals surface area contributed by atoms with Gasteiger partial charge in [0.2, 0.25) is 5.91 Å². The molecule has 0 saturated carbocycles. The predicted molar refractivity (Wildman–Crippen MR) is 80.1 cm³/mol. The fourth-order valence-corrected chi connectivity index (χ4v) is 2.28. The first-order chi connectivity index (χ1) is 10.8. The molecule has 0 atom stereocenters. The molecule has 0 aliphatic rings. The first kappa shape index (κ1) is 14.3. The first-order valence-electron chi connectivity index (χ1n) is 7.30. The lowest BCUT2D eigenvalue weighted by atomic mass is 10.1. The third kappa shape index (κ3) is 3.16. The highest BCUT2D eigenvalue weighted by molar-refractivity contribution is 5.86. The number of carbonyl (C=O) groups is 1. The Labute approximate surface area is 127 Å². The molecule has 0 saturated heterocycles. The monoisotopic (exact) mass is 299 g/mol. The van der Waals surface area contributed by atoms with Crippen molar-refractivity contribution in [3.05, 3.63) is 47.5 Å². The molecule has 6 nitrogen and oxygen atoms in total. The summed E-state index contributed by atoms with van der Waals surface area (Å²) in [4.78, 5) is 12.0. The summed E-state index contributed by atoms with van der Waals surface area (Å²) in [5, 5.41) is 11.6. The number of hydrogen-bond acceptors (Lipinski definition) is 5. The zero-order valence-corrected chi connectivity index (χ0v) is 12.3. The molecular weight excluding hydrogens is 282 g/mol. The van der Waals surface area contributed by atoms with Crippen LogP contribution < -0.4 is 5.32 Å². The van der Waals surface area contributed by atoms with Gasteiger partial charge in [0.25, 0.3) is 0 Å². The lowest BCUT2D eigenvalue weighted by Crippen LogP contribution is -2.24. The van der Waals surface area contributed by atoms with E-state index < -0.39 is 0 Å². The van der Waals surface area contributed by atoms with Gasteiger partial charge in [0.1, 0.15) is 5.69 Å². The van der Waals surface area contributed by atoms with Crippen LogP contribution in [0, 0.1) is 0 Å². The SMILES string of the molecule is CCCc1cc(CNC(=O)Cc2noc3ccccc23)on1. The number of aromatic nitrogens is 2. The number of aryl methyl sites for hydroxylation is 1. The molecule has 0 aliphatic carbocycles. The zero-order valence-electron chi connectivity index (χ0n) is 12.3. The van der Waals surface area contributed by atoms with Gasteiger partial charge in [-0.15, -0.1) is 0 Å². The summed E-state index contributed by atoms with van der Waals surface area (Å²) in [6.45, 7) is 2.41. The van der Waals surface area contributed by atoms with Crippen LogP contribution in [0.25, 0.3) is 11.0 Å². The molecule has 1 N–H and O–H groups in total. The number of nitrogens with one attached hydrogen (secondary N) is 1. The van der Waals surface area contributed by atoms with Gasteiger partial charge in [-0.3, -0.25) is 4.79 Å². The number of amides is 1. The van der Waals surface area contributed by atoms with Crippen molar-refractivity contribution in [2.24, 2.45) is 0 Å². The second-order valence-electron chi connectivity index (χ2n) is 5.11. The predicted octanol–water partition coefficient (Wildman–Crippen LogP) is 2.63. The zero-order chi connectivity index (χ0) is 15.4. The number of hydrogen-bond donors (Lipinski definition) is 1. The van der Waals surface area contributed by atoms with Crippen molar-refractivity contribution in [2.75, 3.05) is 0 Å². The summed E-state index contributed by atoms with van der Waals surface area (Å²) < 4.78 is 10.4. The van der Waals surface area contributed by atoms with Gasteiger partial charge < -0.3 is 14.4 Å². The molecule has 6 heteroatoms. The van der Waals surface area contributed by atoms with Gasteiger partial charge >= 0.3 is 0 Å². The summed E-state index contributed by atoms with van der Waals surface area (Å²) in [6.07, 6.45) is 2.06. The number of nitrogens with zero attached hydrogens (tertiary/aromatic N) is 2. The van der Waals surface area contributed by atoms with E-state index >= 15 is 0 Å². The van der Waals surface area contributed by atoms with Gasteiger partial charge in [-0.05, 0) is 18.6 Å². The fourth-order valence-electron chi connectivity index (χ4n) is 2.28. The van der Waals surface area contributed by atoms with Crippen molar-refractivity contribution in [1.29, 1.82) is 0 Å². The molecule has 0 bridgehead atoms. The van der Waals surface area contributed by atoms with Crippen LogP contribution >= 0.6 is 0 Å². The molecular formula is C16H17N3O3. The van der Waals surface area contributed by atoms with Crippen molar-refractivity contribution in [3.63, 3.8) is 0 Å². The third-order valence-corrected chi connectivity index (χ3v) is 3.35. The second-order valence-corrected chi connectivity index (χ2v) is 5.11. The third-order valence-electron chi connectivity index (χ3n) is 3.35. The molecule has 0 radical (unpaired) electrons. The van der Waals surface area contributed by atoms with Crippen LogP contribution in [0.4, 0.5) is 0 Å². The lowest BCUT2D eigenvalue weighted by Gasteiger charge is -2.00. The lowest BCUT2D eigenvalue weighted by molar-refractivity contribution is -0.120. The molecule has 0 aliphatic heterocycles. The quantitative estimate of drug-likeness (QED) is 0.756. The van der Waals surface area contributed by atoms with E-state index in [1.807, 2.05) is 30.3 Å². The van der Waals surface area contributed by atoms with Crippen LogP contribution in [-0.4, -0.2) is 16.2 Å². The van der Waals surface area contributed by atoms with Gasteiger partial charge in [-0.2, -0.15) is 0 Å². The van der Waals surface area contributed by atoms with Crippen LogP contribution in [0.5, 0.6) is 0 Å². The number of benzene rings is 1. The smallest absolute Gasteiger partial charge is 0.226 e. The van der Waals surface area contributed by atoms with Crippen LogP contribution in [0.15, 0.2) is 39.4 Å². The number of rotatable bonds is 6. The Balaban J connectivity index is 1.58. The van der Waals surface area contributed by atoms with E-state index in [0.29, 0.717) is 23.6 Å². The molecule has 1 aromatic carbocycles. The normalized spacial score (nSPS) is 11.0. The maximum atomic E-state index is 12.0. The van der Waals surface area contributed by atoms with Crippen molar-refractivity contribution in [2.45, 2.75) is 32.7 Å². The fraction of sp³-hybridized carbons (Fsp3) is 0.312. The van der Waals surface area contributed by atoms with Gasteiger partial charge in [0, 0.05) is 11.5 Å². The van der Waals surface area contributed by atoms with Crippen molar-refractivity contribution < 1.29 is 13.8 Å². The highest BCUT2D eigenvalue weighted by atomic mass is 16.5. The highest BCUT2D eigenvalue weighted by Gasteiger charge is 2.12. The molecule has 0 spiro atoms. The molecule has 0 unspecified atom stereocenters. The summed E-state index contributed by atoms with van der Waals surface area (Å²) in [7, 11) is 0. The number of carbonyl (C=O) groups excluding carboxylic acids is 1. The Kier molecular flexibility index (Phi) is 4.18. The minimum atomic E-state index is -0.132. The standard InChI is InChI=1S/C16H17N3O3/c1-2-5-11-8-12(21-18-11)10-17-16(20)9-14-13-6-3-4-7-15(13)22-19-14/h3-4,6-8H,2,5,9-10H2,1H3,(H,17,20). The number of para-hydroxylation sites is 1. The average Bonchev–Trinajstić information content (AvgIpc) is 3.13. The maximum Gasteiger partial charge on any atom is 0.226 e. The van der Waals surface area contributed by atoms with Crippen LogP contribution in [0.2, 0.25) is 0 Å². The van der Waals surface area contributed by atoms with Crippen molar-refractivity contribution in [1.82, 2.24) is 15.6 Å². The maximum absolute atomic E-state index is 12.0. The minimum absolute atomic E-state index is 0.132. The molecule has 22 heavy (non-hydrogen) atoms. The Morgan fingerprint density at radius 2 is 2.09 bits per heavy atom. The Morgan fingerprint density at radius 1 is 1.23 bits per heavy atom. The van der Waals surface area contributed by atoms with Crippen molar-refractivity contribution in [3.8, 4) is 0 Å². The molecule has 1 amide bonds. The summed E-state index contributed by atoms with van der Waals surface area (Å²) in [5.41, 5.74) is 2.23. The van der Waals surface area contributed by atoms with E-state index in [2.05, 4.69) is 22.6 Å². The van der Waals surface area contributed by atoms with Crippen molar-refractivity contribution >= 4 is 16.9 Å². The van der Waals surface area contributed by atoms with E-state index in [0.717, 1.165) is 23.9 Å². The van der Waals surface area contributed by atoms with Gasteiger partial charge in [0.15, 0.2) is 11.3 Å². The Hall–Kier alpha value is -2.63. The topological polar surface area (TPSA) is 81.2 Å². The van der Waals surface area contributed by atoms with Gasteiger partial charge in [0.05, 0.1) is 18.7 Å². The molecule has 2 heterocycles. The number of fused-ring (bicyclic) bond motifs is 1. The second kappa shape index (κ2) is 6.43. The highest BCUT2D eigenvalue weighted by Crippen LogP contribution is 2.18. The van der Waals surface area contributed by atoms with Crippen LogP contribution in [0.1, 0.15) is 30.5 Å². The molecule has 0 fully saturated rings. The molecule has 114 valence electrons. The molecule has 3 aromatic rings. The summed E-state index contributed by atoms with van der Waals surface area (Å²) in [5.74, 6) is 0.523. The van der Waals surface area contributed by atoms with Gasteiger partial charge in [-0.25, -0.2) is 0 Å². The summed E-state index contributed by atoms with van der Waals surface area (Å²) >= 11 is 0. The molecule has 2 aromatic heterocycles. The largest absolute Gasteiger partial charge is 0.359 e. The van der Waals surface area contributed by atoms with E-state index in [-0.39, 0.29) is 12.3 Å². The Morgan fingerprint density at radius 3 is 2.95 bits per heavy atom. The van der Waals surface area contributed by atoms with E-state index in [1.165, 1.54) is 0 Å². The minimum Gasteiger partial charge on any atom is -0.359 e.